The molecule has 0 saturated carbocycles. The van der Waals surface area contributed by atoms with Gasteiger partial charge in [-0.25, -0.2) is 0 Å². The van der Waals surface area contributed by atoms with Gasteiger partial charge in [-0.3, -0.25) is 0 Å². The monoisotopic (exact) mass is 241 g/mol. The molecule has 0 aliphatic carbocycles. The predicted octanol–water partition coefficient (Wildman–Crippen LogP) is 3.61. The lowest BCUT2D eigenvalue weighted by molar-refractivity contribution is 0.121. The summed E-state index contributed by atoms with van der Waals surface area (Å²) in [5.74, 6) is 0. The number of nitrogens with one attached hydrogen (secondary N) is 1. The van der Waals surface area contributed by atoms with Gasteiger partial charge >= 0.3 is 0 Å². The minimum Gasteiger partial charge on any atom is -0.381 e. The van der Waals surface area contributed by atoms with Crippen molar-refractivity contribution in [1.29, 1.82) is 0 Å². The first-order valence-electron chi connectivity index (χ1n) is 6.21. The van der Waals surface area contributed by atoms with Crippen LogP contribution in [0.1, 0.15) is 44.7 Å². The Hall–Kier alpha value is -0.380. The van der Waals surface area contributed by atoms with Gasteiger partial charge in [0.1, 0.15) is 0 Å². The van der Waals surface area contributed by atoms with Crippen LogP contribution in [0.15, 0.2) is 16.8 Å². The third-order valence-electron chi connectivity index (χ3n) is 2.59. The molecule has 0 aromatic carbocycles. The van der Waals surface area contributed by atoms with E-state index < -0.39 is 0 Å². The molecule has 0 radical (unpaired) electrons. The minimum absolute atomic E-state index is 0.456. The number of unbranched alkanes of at least 4 members (excludes halogenated alkanes) is 1. The van der Waals surface area contributed by atoms with Gasteiger partial charge in [-0.2, -0.15) is 11.3 Å². The van der Waals surface area contributed by atoms with Crippen molar-refractivity contribution in [2.24, 2.45) is 0 Å². The Morgan fingerprint density at radius 1 is 1.38 bits per heavy atom. The zero-order chi connectivity index (χ0) is 11.6. The average molecular weight is 241 g/mol. The second kappa shape index (κ2) is 8.74. The molecule has 92 valence electrons. The average Bonchev–Trinajstić information content (AvgIpc) is 2.81. The highest BCUT2D eigenvalue weighted by Crippen LogP contribution is 2.19. The normalized spacial score (nSPS) is 12.9. The van der Waals surface area contributed by atoms with Crippen molar-refractivity contribution in [1.82, 2.24) is 5.32 Å². The Morgan fingerprint density at radius 3 is 2.88 bits per heavy atom. The molecule has 0 aliphatic heterocycles. The first-order valence-corrected chi connectivity index (χ1v) is 7.16. The molecule has 0 fully saturated rings. The summed E-state index contributed by atoms with van der Waals surface area (Å²) in [6, 6.07) is 2.65. The maximum absolute atomic E-state index is 5.61. The van der Waals surface area contributed by atoms with E-state index in [0.717, 1.165) is 26.2 Å². The summed E-state index contributed by atoms with van der Waals surface area (Å²) >= 11 is 1.76. The van der Waals surface area contributed by atoms with Gasteiger partial charge in [0.15, 0.2) is 0 Å². The van der Waals surface area contributed by atoms with Crippen molar-refractivity contribution in [2.75, 3.05) is 19.8 Å². The maximum Gasteiger partial charge on any atom is 0.0484 e. The van der Waals surface area contributed by atoms with Gasteiger partial charge in [-0.15, -0.1) is 0 Å². The summed E-state index contributed by atoms with van der Waals surface area (Å²) in [5.41, 5.74) is 1.39. The standard InChI is InChI=1S/C13H23NOS/c1-3-5-8-15-9-6-13(14-4-2)12-7-10-16-11-12/h7,10-11,13-14H,3-6,8-9H2,1-2H3. The van der Waals surface area contributed by atoms with Crippen molar-refractivity contribution >= 4 is 11.3 Å². The summed E-state index contributed by atoms with van der Waals surface area (Å²) in [7, 11) is 0. The molecule has 1 unspecified atom stereocenters. The van der Waals surface area contributed by atoms with Gasteiger partial charge in [0.05, 0.1) is 0 Å². The summed E-state index contributed by atoms with van der Waals surface area (Å²) in [5, 5.41) is 7.86. The Labute approximate surface area is 103 Å². The Morgan fingerprint density at radius 2 is 2.25 bits per heavy atom. The van der Waals surface area contributed by atoms with Crippen LogP contribution in [0.4, 0.5) is 0 Å². The molecule has 0 spiro atoms. The van der Waals surface area contributed by atoms with Crippen molar-refractivity contribution in [3.63, 3.8) is 0 Å². The van der Waals surface area contributed by atoms with Gasteiger partial charge in [0, 0.05) is 19.3 Å². The van der Waals surface area contributed by atoms with Crippen LogP contribution < -0.4 is 5.32 Å². The molecular weight excluding hydrogens is 218 g/mol. The van der Waals surface area contributed by atoms with E-state index in [4.69, 9.17) is 4.74 Å². The van der Waals surface area contributed by atoms with E-state index in [0.29, 0.717) is 6.04 Å². The lowest BCUT2D eigenvalue weighted by Gasteiger charge is -2.16. The molecule has 2 nitrogen and oxygen atoms in total. The van der Waals surface area contributed by atoms with E-state index in [1.807, 2.05) is 0 Å². The van der Waals surface area contributed by atoms with E-state index in [9.17, 15) is 0 Å². The fraction of sp³-hybridized carbons (Fsp3) is 0.692. The molecule has 3 heteroatoms. The van der Waals surface area contributed by atoms with Crippen LogP contribution in [0, 0.1) is 0 Å². The number of hydrogen-bond donors (Lipinski definition) is 1. The quantitative estimate of drug-likeness (QED) is 0.667. The molecule has 1 heterocycles. The van der Waals surface area contributed by atoms with Crippen LogP contribution in [0.2, 0.25) is 0 Å². The van der Waals surface area contributed by atoms with Crippen molar-refractivity contribution < 1.29 is 4.74 Å². The zero-order valence-corrected chi connectivity index (χ0v) is 11.2. The number of hydrogen-bond acceptors (Lipinski definition) is 3. The summed E-state index contributed by atoms with van der Waals surface area (Å²) < 4.78 is 5.61. The molecule has 0 saturated heterocycles. The fourth-order valence-corrected chi connectivity index (χ4v) is 2.37. The molecule has 16 heavy (non-hydrogen) atoms. The highest BCUT2D eigenvalue weighted by atomic mass is 32.1. The summed E-state index contributed by atoms with van der Waals surface area (Å²) in [6.45, 7) is 7.11. The van der Waals surface area contributed by atoms with E-state index in [2.05, 4.69) is 36.0 Å². The van der Waals surface area contributed by atoms with Crippen LogP contribution in [0.3, 0.4) is 0 Å². The van der Waals surface area contributed by atoms with Gasteiger partial charge in [-0.05, 0) is 41.8 Å². The van der Waals surface area contributed by atoms with Crippen LogP contribution in [0.25, 0.3) is 0 Å². The highest BCUT2D eigenvalue weighted by molar-refractivity contribution is 7.07. The van der Waals surface area contributed by atoms with Gasteiger partial charge in [-0.1, -0.05) is 20.3 Å². The molecule has 0 amide bonds. The van der Waals surface area contributed by atoms with Gasteiger partial charge in [0.2, 0.25) is 0 Å². The highest BCUT2D eigenvalue weighted by Gasteiger charge is 2.09. The molecule has 1 N–H and O–H groups in total. The minimum atomic E-state index is 0.456. The molecule has 1 rings (SSSR count). The molecule has 1 aromatic rings. The molecule has 0 aliphatic rings. The van der Waals surface area contributed by atoms with E-state index in [-0.39, 0.29) is 0 Å². The van der Waals surface area contributed by atoms with Gasteiger partial charge < -0.3 is 10.1 Å². The van der Waals surface area contributed by atoms with E-state index in [1.54, 1.807) is 11.3 Å². The Kier molecular flexibility index (Phi) is 7.47. The first-order chi connectivity index (χ1) is 7.88. The zero-order valence-electron chi connectivity index (χ0n) is 10.4. The van der Waals surface area contributed by atoms with Gasteiger partial charge in [0.25, 0.3) is 0 Å². The predicted molar refractivity (Wildman–Crippen MR) is 71.1 cm³/mol. The first kappa shape index (κ1) is 13.7. The summed E-state index contributed by atoms with van der Waals surface area (Å²) in [4.78, 5) is 0. The maximum atomic E-state index is 5.61. The smallest absolute Gasteiger partial charge is 0.0484 e. The topological polar surface area (TPSA) is 21.3 Å². The Balaban J connectivity index is 2.24. The van der Waals surface area contributed by atoms with Crippen molar-refractivity contribution in [3.8, 4) is 0 Å². The lowest BCUT2D eigenvalue weighted by Crippen LogP contribution is -2.22. The third kappa shape index (κ3) is 5.10. The van der Waals surface area contributed by atoms with Crippen LogP contribution in [-0.2, 0) is 4.74 Å². The van der Waals surface area contributed by atoms with E-state index in [1.165, 1.54) is 18.4 Å². The molecular formula is C13H23NOS. The molecule has 1 atom stereocenters. The van der Waals surface area contributed by atoms with Crippen molar-refractivity contribution in [2.45, 2.75) is 39.2 Å². The SMILES string of the molecule is CCCCOCCC(NCC)c1ccsc1. The summed E-state index contributed by atoms with van der Waals surface area (Å²) in [6.07, 6.45) is 3.44. The number of thiophene rings is 1. The lowest BCUT2D eigenvalue weighted by atomic mass is 10.1. The van der Waals surface area contributed by atoms with Crippen LogP contribution in [-0.4, -0.2) is 19.8 Å². The second-order valence-corrected chi connectivity index (χ2v) is 4.70. The fourth-order valence-electron chi connectivity index (χ4n) is 1.66. The van der Waals surface area contributed by atoms with E-state index >= 15 is 0 Å². The number of rotatable bonds is 9. The van der Waals surface area contributed by atoms with Crippen molar-refractivity contribution in [3.05, 3.63) is 22.4 Å². The molecule has 0 bridgehead atoms. The number of ether oxygens (including phenoxy) is 1. The molecule has 1 aromatic heterocycles. The van der Waals surface area contributed by atoms with Crippen LogP contribution >= 0.6 is 11.3 Å². The third-order valence-corrected chi connectivity index (χ3v) is 3.29. The Bertz CT molecular complexity index is 248. The largest absolute Gasteiger partial charge is 0.381 e. The second-order valence-electron chi connectivity index (χ2n) is 3.92. The van der Waals surface area contributed by atoms with Crippen LogP contribution in [0.5, 0.6) is 0 Å².